The molecule has 0 bridgehead atoms. The van der Waals surface area contributed by atoms with E-state index in [1.807, 2.05) is 0 Å². The minimum atomic E-state index is -1.04. The van der Waals surface area contributed by atoms with Crippen LogP contribution in [0, 0.1) is 13.8 Å². The molecule has 0 saturated heterocycles. The van der Waals surface area contributed by atoms with Crippen LogP contribution in [0.1, 0.15) is 18.3 Å². The van der Waals surface area contributed by atoms with Crippen molar-refractivity contribution >= 4 is 8.07 Å². The molecule has 3 heteroatoms. The third-order valence-electron chi connectivity index (χ3n) is 2.64. The van der Waals surface area contributed by atoms with E-state index >= 15 is 0 Å². The number of hydrogen-bond acceptors (Lipinski definition) is 1. The van der Waals surface area contributed by atoms with Crippen LogP contribution in [0.15, 0.2) is 6.07 Å². The summed E-state index contributed by atoms with van der Waals surface area (Å²) >= 11 is 0. The smallest absolute Gasteiger partial charge is 0.0721 e. The van der Waals surface area contributed by atoms with Gasteiger partial charge in [0, 0.05) is 11.9 Å². The van der Waals surface area contributed by atoms with Crippen molar-refractivity contribution in [2.45, 2.75) is 46.1 Å². The molecule has 0 spiro atoms. The molecule has 2 nitrogen and oxygen atoms in total. The molecule has 0 aliphatic carbocycles. The van der Waals surface area contributed by atoms with Crippen molar-refractivity contribution in [1.29, 1.82) is 0 Å². The van der Waals surface area contributed by atoms with Crippen LogP contribution in [0.25, 0.3) is 0 Å². The van der Waals surface area contributed by atoms with E-state index in [1.54, 1.807) is 0 Å². The van der Waals surface area contributed by atoms with E-state index in [9.17, 15) is 0 Å². The number of aryl methyl sites for hydroxylation is 2. The number of aromatic nitrogens is 2. The predicted octanol–water partition coefficient (Wildman–Crippen LogP) is 2.77. The molecule has 0 unspecified atom stereocenters. The second-order valence-corrected chi connectivity index (χ2v) is 9.95. The standard InChI is InChI=1S/C10H20N2Si/c1-6-13(4,5)8-12-10(3)7-9(2)11-12/h7H,6,8H2,1-5H3. The normalized spacial score (nSPS) is 12.1. The Morgan fingerprint density at radius 2 is 2.00 bits per heavy atom. The summed E-state index contributed by atoms with van der Waals surface area (Å²) in [4.78, 5) is 0. The van der Waals surface area contributed by atoms with E-state index in [4.69, 9.17) is 0 Å². The summed E-state index contributed by atoms with van der Waals surface area (Å²) in [6.07, 6.45) is 1.16. The highest BCUT2D eigenvalue weighted by atomic mass is 28.3. The zero-order chi connectivity index (χ0) is 10.1. The summed E-state index contributed by atoms with van der Waals surface area (Å²) in [5.41, 5.74) is 2.44. The zero-order valence-electron chi connectivity index (χ0n) is 9.39. The zero-order valence-corrected chi connectivity index (χ0v) is 10.4. The molecule has 0 radical (unpaired) electrons. The van der Waals surface area contributed by atoms with Gasteiger partial charge in [0.2, 0.25) is 0 Å². The Kier molecular flexibility index (Phi) is 2.96. The minimum Gasteiger partial charge on any atom is -0.273 e. The van der Waals surface area contributed by atoms with Gasteiger partial charge < -0.3 is 0 Å². The molecule has 1 aromatic heterocycles. The van der Waals surface area contributed by atoms with E-state index in [0.29, 0.717) is 0 Å². The monoisotopic (exact) mass is 196 g/mol. The maximum atomic E-state index is 4.49. The Balaban J connectivity index is 2.79. The number of hydrogen-bond donors (Lipinski definition) is 0. The van der Waals surface area contributed by atoms with Crippen LogP contribution < -0.4 is 0 Å². The third-order valence-corrected chi connectivity index (χ3v) is 5.71. The topological polar surface area (TPSA) is 17.8 Å². The van der Waals surface area contributed by atoms with E-state index in [0.717, 1.165) is 11.9 Å². The van der Waals surface area contributed by atoms with Crippen LogP contribution in [0.3, 0.4) is 0 Å². The molecule has 0 amide bonds. The molecule has 0 N–H and O–H groups in total. The summed E-state index contributed by atoms with van der Waals surface area (Å²) in [6, 6.07) is 3.48. The average Bonchev–Trinajstić information content (AvgIpc) is 2.30. The molecular weight excluding hydrogens is 176 g/mol. The van der Waals surface area contributed by atoms with Gasteiger partial charge in [-0.25, -0.2) is 0 Å². The van der Waals surface area contributed by atoms with Crippen molar-refractivity contribution in [2.75, 3.05) is 0 Å². The van der Waals surface area contributed by atoms with Gasteiger partial charge in [0.05, 0.1) is 13.8 Å². The largest absolute Gasteiger partial charge is 0.273 e. The summed E-state index contributed by atoms with van der Waals surface area (Å²) in [5, 5.41) is 4.49. The molecule has 0 atom stereocenters. The second-order valence-electron chi connectivity index (χ2n) is 4.60. The summed E-state index contributed by atoms with van der Waals surface area (Å²) in [6.45, 7) is 11.3. The highest BCUT2D eigenvalue weighted by molar-refractivity contribution is 6.76. The van der Waals surface area contributed by atoms with Crippen molar-refractivity contribution in [3.8, 4) is 0 Å². The maximum absolute atomic E-state index is 4.49. The summed E-state index contributed by atoms with van der Waals surface area (Å²) < 4.78 is 2.17. The van der Waals surface area contributed by atoms with Gasteiger partial charge in [0.25, 0.3) is 0 Å². The fourth-order valence-corrected chi connectivity index (χ4v) is 2.71. The summed E-state index contributed by atoms with van der Waals surface area (Å²) in [7, 11) is -1.04. The van der Waals surface area contributed by atoms with Crippen molar-refractivity contribution < 1.29 is 0 Å². The van der Waals surface area contributed by atoms with Gasteiger partial charge in [0.15, 0.2) is 0 Å². The van der Waals surface area contributed by atoms with Crippen molar-refractivity contribution in [2.24, 2.45) is 0 Å². The van der Waals surface area contributed by atoms with Crippen LogP contribution in [0.5, 0.6) is 0 Å². The molecule has 13 heavy (non-hydrogen) atoms. The van der Waals surface area contributed by atoms with Crippen LogP contribution in [-0.4, -0.2) is 17.9 Å². The van der Waals surface area contributed by atoms with Gasteiger partial charge in [-0.2, -0.15) is 5.10 Å². The minimum absolute atomic E-state index is 1.04. The molecule has 0 aliphatic rings. The van der Waals surface area contributed by atoms with E-state index in [2.05, 4.69) is 49.7 Å². The fraction of sp³-hybridized carbons (Fsp3) is 0.700. The Bertz CT molecular complexity index is 289. The van der Waals surface area contributed by atoms with Gasteiger partial charge in [-0.15, -0.1) is 0 Å². The van der Waals surface area contributed by atoms with Crippen molar-refractivity contribution in [1.82, 2.24) is 9.78 Å². The molecule has 74 valence electrons. The van der Waals surface area contributed by atoms with E-state index in [-0.39, 0.29) is 0 Å². The van der Waals surface area contributed by atoms with Crippen LogP contribution in [0.2, 0.25) is 19.1 Å². The van der Waals surface area contributed by atoms with Gasteiger partial charge >= 0.3 is 0 Å². The lowest BCUT2D eigenvalue weighted by Crippen LogP contribution is -2.32. The predicted molar refractivity (Wildman–Crippen MR) is 59.7 cm³/mol. The first kappa shape index (κ1) is 10.5. The SMILES string of the molecule is CC[Si](C)(C)Cn1nc(C)cc1C. The summed E-state index contributed by atoms with van der Waals surface area (Å²) in [5.74, 6) is 0. The molecule has 1 aromatic rings. The number of rotatable bonds is 3. The van der Waals surface area contributed by atoms with Crippen LogP contribution >= 0.6 is 0 Å². The van der Waals surface area contributed by atoms with E-state index in [1.165, 1.54) is 11.7 Å². The highest BCUT2D eigenvalue weighted by Gasteiger charge is 2.19. The lowest BCUT2D eigenvalue weighted by atomic mass is 10.4. The molecule has 1 rings (SSSR count). The van der Waals surface area contributed by atoms with Gasteiger partial charge in [-0.3, -0.25) is 4.68 Å². The lowest BCUT2D eigenvalue weighted by Gasteiger charge is -2.20. The first-order chi connectivity index (χ1) is 5.94. The lowest BCUT2D eigenvalue weighted by molar-refractivity contribution is 0.690. The Morgan fingerprint density at radius 1 is 1.38 bits per heavy atom. The first-order valence-electron chi connectivity index (χ1n) is 4.96. The Labute approximate surface area is 82.0 Å². The molecular formula is C10H20N2Si. The van der Waals surface area contributed by atoms with Gasteiger partial charge in [-0.1, -0.05) is 26.1 Å². The van der Waals surface area contributed by atoms with E-state index < -0.39 is 8.07 Å². The van der Waals surface area contributed by atoms with Crippen molar-refractivity contribution in [3.05, 3.63) is 17.5 Å². The fourth-order valence-electron chi connectivity index (χ4n) is 1.35. The maximum Gasteiger partial charge on any atom is 0.0721 e. The molecule has 0 fully saturated rings. The van der Waals surface area contributed by atoms with Crippen LogP contribution in [-0.2, 0) is 6.17 Å². The van der Waals surface area contributed by atoms with Crippen LogP contribution in [0.4, 0.5) is 0 Å². The Morgan fingerprint density at radius 3 is 2.38 bits per heavy atom. The third kappa shape index (κ3) is 2.69. The quantitative estimate of drug-likeness (QED) is 0.680. The number of nitrogens with zero attached hydrogens (tertiary/aromatic N) is 2. The second kappa shape index (κ2) is 3.66. The first-order valence-corrected chi connectivity index (χ1v) is 8.37. The van der Waals surface area contributed by atoms with Gasteiger partial charge in [0.1, 0.15) is 0 Å². The molecule has 0 aromatic carbocycles. The highest BCUT2D eigenvalue weighted by Crippen LogP contribution is 2.13. The molecule has 1 heterocycles. The molecule has 0 saturated carbocycles. The van der Waals surface area contributed by atoms with Gasteiger partial charge in [-0.05, 0) is 19.9 Å². The average molecular weight is 196 g/mol. The van der Waals surface area contributed by atoms with Crippen molar-refractivity contribution in [3.63, 3.8) is 0 Å². The molecule has 0 aliphatic heterocycles. The Hall–Kier alpha value is -0.573.